The molecule has 0 aliphatic rings. The van der Waals surface area contributed by atoms with Crippen LogP contribution >= 0.6 is 11.6 Å². The van der Waals surface area contributed by atoms with E-state index in [-0.39, 0.29) is 29.7 Å². The van der Waals surface area contributed by atoms with Crippen molar-refractivity contribution in [2.24, 2.45) is 0 Å². The fourth-order valence-corrected chi connectivity index (χ4v) is 1.61. The van der Waals surface area contributed by atoms with Crippen molar-refractivity contribution in [3.63, 3.8) is 0 Å². The first kappa shape index (κ1) is 16.3. The number of carboxylic acids is 1. The minimum Gasteiger partial charge on any atom is -0.480 e. The third kappa shape index (κ3) is 4.14. The molecule has 0 aliphatic heterocycles. The van der Waals surface area contributed by atoms with Gasteiger partial charge in [-0.2, -0.15) is 0 Å². The van der Waals surface area contributed by atoms with Crippen molar-refractivity contribution >= 4 is 23.5 Å². The van der Waals surface area contributed by atoms with Crippen LogP contribution in [-0.2, 0) is 4.79 Å². The molecule has 0 bridgehead atoms. The lowest BCUT2D eigenvalue weighted by Crippen LogP contribution is -2.41. The molecule has 0 saturated carbocycles. The van der Waals surface area contributed by atoms with Gasteiger partial charge in [-0.05, 0) is 0 Å². The smallest absolute Gasteiger partial charge is 0.326 e. The number of carboxylic acid groups (broad SMARTS) is 1. The highest BCUT2D eigenvalue weighted by Crippen LogP contribution is 2.16. The summed E-state index contributed by atoms with van der Waals surface area (Å²) in [7, 11) is 0. The average molecular weight is 302 g/mol. The van der Waals surface area contributed by atoms with Crippen molar-refractivity contribution in [3.8, 4) is 0 Å². The van der Waals surface area contributed by atoms with E-state index in [2.05, 4.69) is 15.3 Å². The highest BCUT2D eigenvalue weighted by Gasteiger charge is 2.23. The Morgan fingerprint density at radius 1 is 1.45 bits per heavy atom. The van der Waals surface area contributed by atoms with E-state index < -0.39 is 17.9 Å². The summed E-state index contributed by atoms with van der Waals surface area (Å²) in [5, 5.41) is 20.0. The highest BCUT2D eigenvalue weighted by molar-refractivity contribution is 6.33. The van der Waals surface area contributed by atoms with Crippen LogP contribution in [0.1, 0.15) is 42.5 Å². The molecule has 0 aliphatic carbocycles. The number of nitrogens with zero attached hydrogens (tertiary/aromatic N) is 2. The van der Waals surface area contributed by atoms with E-state index in [0.29, 0.717) is 5.82 Å². The zero-order valence-corrected chi connectivity index (χ0v) is 11.9. The van der Waals surface area contributed by atoms with Gasteiger partial charge in [0.1, 0.15) is 17.6 Å². The van der Waals surface area contributed by atoms with Crippen LogP contribution in [0.25, 0.3) is 0 Å². The van der Waals surface area contributed by atoms with Crippen LogP contribution in [0.5, 0.6) is 0 Å². The van der Waals surface area contributed by atoms with Crippen molar-refractivity contribution in [2.75, 3.05) is 6.61 Å². The van der Waals surface area contributed by atoms with Gasteiger partial charge in [0, 0.05) is 18.9 Å². The fourth-order valence-electron chi connectivity index (χ4n) is 1.43. The number of nitrogens with one attached hydrogen (secondary N) is 1. The summed E-state index contributed by atoms with van der Waals surface area (Å²) in [5.41, 5.74) is -0.0745. The number of amides is 1. The van der Waals surface area contributed by atoms with Gasteiger partial charge in [-0.25, -0.2) is 14.8 Å². The van der Waals surface area contributed by atoms with E-state index in [4.69, 9.17) is 21.8 Å². The number of aromatic nitrogens is 2. The molecule has 1 aromatic heterocycles. The van der Waals surface area contributed by atoms with Gasteiger partial charge in [0.25, 0.3) is 5.91 Å². The number of halogens is 1. The second-order valence-corrected chi connectivity index (χ2v) is 4.86. The lowest BCUT2D eigenvalue weighted by Gasteiger charge is -2.14. The van der Waals surface area contributed by atoms with Crippen LogP contribution < -0.4 is 5.32 Å². The van der Waals surface area contributed by atoms with Crippen molar-refractivity contribution in [2.45, 2.75) is 32.2 Å². The first-order valence-electron chi connectivity index (χ1n) is 6.03. The van der Waals surface area contributed by atoms with Gasteiger partial charge < -0.3 is 15.5 Å². The number of hydrogen-bond donors (Lipinski definition) is 3. The quantitative estimate of drug-likeness (QED) is 0.717. The molecule has 0 spiro atoms. The Morgan fingerprint density at radius 3 is 2.60 bits per heavy atom. The predicted octanol–water partition coefficient (Wildman–Crippen LogP) is 0.819. The molecule has 1 amide bonds. The van der Waals surface area contributed by atoms with Crippen molar-refractivity contribution in [1.29, 1.82) is 0 Å². The summed E-state index contributed by atoms with van der Waals surface area (Å²) < 4.78 is 0. The summed E-state index contributed by atoms with van der Waals surface area (Å²) in [6.07, 6.45) is 1.21. The van der Waals surface area contributed by atoms with Crippen molar-refractivity contribution in [1.82, 2.24) is 15.3 Å². The maximum atomic E-state index is 12.0. The SMILES string of the molecule is CC(C)c1ncc(Cl)c(C(=O)N[C@@H](CCO)C(=O)O)n1. The van der Waals surface area contributed by atoms with E-state index in [1.165, 1.54) is 6.20 Å². The summed E-state index contributed by atoms with van der Waals surface area (Å²) in [6, 6.07) is -1.19. The lowest BCUT2D eigenvalue weighted by molar-refractivity contribution is -0.139. The Labute approximate surface area is 121 Å². The van der Waals surface area contributed by atoms with E-state index in [9.17, 15) is 9.59 Å². The highest BCUT2D eigenvalue weighted by atomic mass is 35.5. The van der Waals surface area contributed by atoms with Crippen LogP contribution in [0.4, 0.5) is 0 Å². The van der Waals surface area contributed by atoms with Crippen LogP contribution in [-0.4, -0.2) is 44.7 Å². The molecule has 3 N–H and O–H groups in total. The van der Waals surface area contributed by atoms with Crippen LogP contribution in [0, 0.1) is 0 Å². The molecule has 1 rings (SSSR count). The second-order valence-electron chi connectivity index (χ2n) is 4.46. The Bertz CT molecular complexity index is 507. The van der Waals surface area contributed by atoms with Crippen LogP contribution in [0.3, 0.4) is 0 Å². The molecule has 0 aromatic carbocycles. The van der Waals surface area contributed by atoms with Gasteiger partial charge in [0.05, 0.1) is 11.2 Å². The first-order chi connectivity index (χ1) is 9.36. The Morgan fingerprint density at radius 2 is 2.10 bits per heavy atom. The van der Waals surface area contributed by atoms with Gasteiger partial charge in [-0.1, -0.05) is 25.4 Å². The lowest BCUT2D eigenvalue weighted by atomic mass is 10.2. The summed E-state index contributed by atoms with van der Waals surface area (Å²) >= 11 is 5.85. The summed E-state index contributed by atoms with van der Waals surface area (Å²) in [4.78, 5) is 30.9. The van der Waals surface area contributed by atoms with E-state index in [1.807, 2.05) is 13.8 Å². The molecule has 8 heteroatoms. The number of rotatable bonds is 6. The molecule has 0 unspecified atom stereocenters. The largest absolute Gasteiger partial charge is 0.480 e. The van der Waals surface area contributed by atoms with E-state index in [1.54, 1.807) is 0 Å². The number of aliphatic carboxylic acids is 1. The maximum Gasteiger partial charge on any atom is 0.326 e. The summed E-state index contributed by atoms with van der Waals surface area (Å²) in [5.74, 6) is -1.50. The molecule has 110 valence electrons. The monoisotopic (exact) mass is 301 g/mol. The van der Waals surface area contributed by atoms with Gasteiger partial charge in [-0.15, -0.1) is 0 Å². The van der Waals surface area contributed by atoms with Crippen molar-refractivity contribution in [3.05, 3.63) is 22.7 Å². The molecule has 1 heterocycles. The zero-order valence-electron chi connectivity index (χ0n) is 11.1. The number of carbonyl (C=O) groups is 2. The maximum absolute atomic E-state index is 12.0. The van der Waals surface area contributed by atoms with Gasteiger partial charge >= 0.3 is 5.97 Å². The normalized spacial score (nSPS) is 12.2. The Balaban J connectivity index is 2.96. The molecule has 1 atom stereocenters. The number of carbonyl (C=O) groups excluding carboxylic acids is 1. The fraction of sp³-hybridized carbons (Fsp3) is 0.500. The van der Waals surface area contributed by atoms with Crippen molar-refractivity contribution < 1.29 is 19.8 Å². The number of aliphatic hydroxyl groups is 1. The average Bonchev–Trinajstić information content (AvgIpc) is 2.38. The molecule has 0 radical (unpaired) electrons. The van der Waals surface area contributed by atoms with Gasteiger partial charge in [0.2, 0.25) is 0 Å². The van der Waals surface area contributed by atoms with Gasteiger partial charge in [-0.3, -0.25) is 4.79 Å². The summed E-state index contributed by atoms with van der Waals surface area (Å²) in [6.45, 7) is 3.36. The Hall–Kier alpha value is -1.73. The second kappa shape index (κ2) is 7.16. The number of hydrogen-bond acceptors (Lipinski definition) is 5. The Kier molecular flexibility index (Phi) is 5.84. The topological polar surface area (TPSA) is 112 Å². The minimum absolute atomic E-state index is 0.00605. The number of aliphatic hydroxyl groups excluding tert-OH is 1. The molecular formula is C12H16ClN3O4. The molecule has 0 saturated heterocycles. The molecule has 1 aromatic rings. The molecule has 20 heavy (non-hydrogen) atoms. The van der Waals surface area contributed by atoms with Crippen LogP contribution in [0.2, 0.25) is 5.02 Å². The van der Waals surface area contributed by atoms with E-state index >= 15 is 0 Å². The standard InChI is InChI=1S/C12H16ClN3O4/c1-6(2)10-14-5-7(13)9(16-10)11(18)15-8(3-4-17)12(19)20/h5-6,8,17H,3-4H2,1-2H3,(H,15,18)(H,19,20)/t8-/m0/s1. The zero-order chi connectivity index (χ0) is 15.3. The minimum atomic E-state index is -1.23. The molecule has 0 fully saturated rings. The van der Waals surface area contributed by atoms with Gasteiger partial charge in [0.15, 0.2) is 0 Å². The van der Waals surface area contributed by atoms with E-state index in [0.717, 1.165) is 0 Å². The first-order valence-corrected chi connectivity index (χ1v) is 6.41. The van der Waals surface area contributed by atoms with Crippen LogP contribution in [0.15, 0.2) is 6.20 Å². The third-order valence-corrected chi connectivity index (χ3v) is 2.79. The molecular weight excluding hydrogens is 286 g/mol. The molecule has 7 nitrogen and oxygen atoms in total. The predicted molar refractivity (Wildman–Crippen MR) is 71.7 cm³/mol. The third-order valence-electron chi connectivity index (χ3n) is 2.52.